The van der Waals surface area contributed by atoms with Gasteiger partial charge in [-0.25, -0.2) is 0 Å². The number of nitrogens with one attached hydrogen (secondary N) is 1. The number of aromatic amines is 1. The number of hydrogen-bond acceptors (Lipinski definition) is 2. The van der Waals surface area contributed by atoms with Gasteiger partial charge < -0.3 is 9.72 Å². The van der Waals surface area contributed by atoms with Crippen molar-refractivity contribution in [1.82, 2.24) is 4.98 Å². The fourth-order valence-electron chi connectivity index (χ4n) is 2.33. The molecule has 0 atom stereocenters. The first kappa shape index (κ1) is 10.4. The summed E-state index contributed by atoms with van der Waals surface area (Å²) in [5, 5.41) is 1.00. The summed E-state index contributed by atoms with van der Waals surface area (Å²) < 4.78 is 5.17. The van der Waals surface area contributed by atoms with Gasteiger partial charge in [0, 0.05) is 34.6 Å². The molecule has 0 aliphatic heterocycles. The van der Waals surface area contributed by atoms with E-state index in [1.54, 1.807) is 7.11 Å². The number of ketones is 1. The van der Waals surface area contributed by atoms with Crippen molar-refractivity contribution in [3.63, 3.8) is 0 Å². The van der Waals surface area contributed by atoms with Crippen molar-refractivity contribution in [3.8, 4) is 5.75 Å². The van der Waals surface area contributed by atoms with Gasteiger partial charge in [0.05, 0.1) is 7.11 Å². The van der Waals surface area contributed by atoms with E-state index in [-0.39, 0.29) is 11.7 Å². The Morgan fingerprint density at radius 3 is 2.88 bits per heavy atom. The largest absolute Gasteiger partial charge is 0.497 e. The van der Waals surface area contributed by atoms with Crippen LogP contribution in [0.2, 0.25) is 0 Å². The van der Waals surface area contributed by atoms with Crippen LogP contribution in [0.25, 0.3) is 10.9 Å². The molecule has 0 amide bonds. The van der Waals surface area contributed by atoms with E-state index in [1.165, 1.54) is 6.42 Å². The Morgan fingerprint density at radius 1 is 1.41 bits per heavy atom. The molecule has 0 bridgehead atoms. The number of carbonyl (C=O) groups excluding carboxylic acids is 1. The summed E-state index contributed by atoms with van der Waals surface area (Å²) >= 11 is 0. The highest BCUT2D eigenvalue weighted by Gasteiger charge is 2.27. The molecule has 3 rings (SSSR count). The van der Waals surface area contributed by atoms with Crippen LogP contribution < -0.4 is 4.74 Å². The lowest BCUT2D eigenvalue weighted by atomic mass is 9.80. The second kappa shape index (κ2) is 3.91. The molecule has 1 saturated carbocycles. The van der Waals surface area contributed by atoms with E-state index in [1.807, 2.05) is 24.4 Å². The van der Waals surface area contributed by atoms with Crippen molar-refractivity contribution < 1.29 is 9.53 Å². The van der Waals surface area contributed by atoms with E-state index in [0.717, 1.165) is 35.1 Å². The second-order valence-electron chi connectivity index (χ2n) is 4.61. The Bertz CT molecular complexity index is 567. The molecule has 3 nitrogen and oxygen atoms in total. The summed E-state index contributed by atoms with van der Waals surface area (Å²) in [5.41, 5.74) is 1.79. The molecule has 1 aliphatic carbocycles. The van der Waals surface area contributed by atoms with Gasteiger partial charge in [-0.3, -0.25) is 4.79 Å². The zero-order valence-corrected chi connectivity index (χ0v) is 9.82. The molecule has 17 heavy (non-hydrogen) atoms. The summed E-state index contributed by atoms with van der Waals surface area (Å²) in [7, 11) is 1.64. The van der Waals surface area contributed by atoms with Crippen molar-refractivity contribution in [2.24, 2.45) is 5.92 Å². The highest BCUT2D eigenvalue weighted by atomic mass is 16.5. The highest BCUT2D eigenvalue weighted by Crippen LogP contribution is 2.32. The maximum atomic E-state index is 12.2. The van der Waals surface area contributed by atoms with E-state index < -0.39 is 0 Å². The van der Waals surface area contributed by atoms with Crippen molar-refractivity contribution in [1.29, 1.82) is 0 Å². The molecule has 0 saturated heterocycles. The summed E-state index contributed by atoms with van der Waals surface area (Å²) in [6, 6.07) is 5.77. The van der Waals surface area contributed by atoms with E-state index in [4.69, 9.17) is 4.74 Å². The first-order valence-electron chi connectivity index (χ1n) is 5.99. The van der Waals surface area contributed by atoms with Crippen molar-refractivity contribution in [3.05, 3.63) is 30.0 Å². The van der Waals surface area contributed by atoms with Gasteiger partial charge in [0.15, 0.2) is 5.78 Å². The van der Waals surface area contributed by atoms with Crippen molar-refractivity contribution >= 4 is 16.7 Å². The lowest BCUT2D eigenvalue weighted by Gasteiger charge is -2.23. The smallest absolute Gasteiger partial charge is 0.168 e. The molecule has 1 heterocycles. The van der Waals surface area contributed by atoms with Crippen LogP contribution in [0.3, 0.4) is 0 Å². The van der Waals surface area contributed by atoms with Crippen LogP contribution in [-0.2, 0) is 0 Å². The van der Waals surface area contributed by atoms with Crippen LogP contribution in [0.15, 0.2) is 24.4 Å². The molecular weight excluding hydrogens is 214 g/mol. The van der Waals surface area contributed by atoms with Crippen molar-refractivity contribution in [2.45, 2.75) is 19.3 Å². The monoisotopic (exact) mass is 229 g/mol. The Kier molecular flexibility index (Phi) is 2.39. The predicted molar refractivity (Wildman–Crippen MR) is 66.5 cm³/mol. The molecule has 0 unspecified atom stereocenters. The molecule has 0 radical (unpaired) electrons. The minimum absolute atomic E-state index is 0.246. The average molecular weight is 229 g/mol. The molecular formula is C14H15NO2. The molecule has 2 aromatic rings. The number of hydrogen-bond donors (Lipinski definition) is 1. The van der Waals surface area contributed by atoms with Crippen LogP contribution in [-0.4, -0.2) is 17.9 Å². The number of benzene rings is 1. The number of H-pyrrole nitrogens is 1. The summed E-state index contributed by atoms with van der Waals surface area (Å²) in [6.07, 6.45) is 5.10. The second-order valence-corrected chi connectivity index (χ2v) is 4.61. The van der Waals surface area contributed by atoms with Gasteiger partial charge in [0.1, 0.15) is 5.75 Å². The zero-order chi connectivity index (χ0) is 11.8. The number of ether oxygens (including phenoxy) is 1. The van der Waals surface area contributed by atoms with Crippen LogP contribution in [0.5, 0.6) is 5.75 Å². The number of methoxy groups -OCH3 is 1. The van der Waals surface area contributed by atoms with Gasteiger partial charge in [0.25, 0.3) is 0 Å². The van der Waals surface area contributed by atoms with E-state index >= 15 is 0 Å². The molecule has 1 aliphatic rings. The van der Waals surface area contributed by atoms with Crippen molar-refractivity contribution in [2.75, 3.05) is 7.11 Å². The number of aromatic nitrogens is 1. The van der Waals surface area contributed by atoms with Crippen LogP contribution >= 0.6 is 0 Å². The quantitative estimate of drug-likeness (QED) is 0.821. The minimum Gasteiger partial charge on any atom is -0.497 e. The number of fused-ring (bicyclic) bond motifs is 1. The van der Waals surface area contributed by atoms with Gasteiger partial charge in [-0.2, -0.15) is 0 Å². The highest BCUT2D eigenvalue weighted by molar-refractivity contribution is 6.09. The maximum Gasteiger partial charge on any atom is 0.168 e. The number of Topliss-reactive ketones (excluding diaryl/α,β-unsaturated/α-hetero) is 1. The van der Waals surface area contributed by atoms with Crippen LogP contribution in [0, 0.1) is 5.92 Å². The fourth-order valence-corrected chi connectivity index (χ4v) is 2.33. The van der Waals surface area contributed by atoms with Gasteiger partial charge >= 0.3 is 0 Å². The van der Waals surface area contributed by atoms with Gasteiger partial charge in [-0.1, -0.05) is 6.42 Å². The first-order valence-corrected chi connectivity index (χ1v) is 5.99. The molecule has 1 aromatic heterocycles. The molecule has 3 heteroatoms. The number of carbonyl (C=O) groups is 1. The molecule has 1 fully saturated rings. The molecule has 0 spiro atoms. The standard InChI is InChI=1S/C14H15NO2/c1-17-10-5-6-11-12(8-15-13(11)7-10)14(16)9-3-2-4-9/h5-9,15H,2-4H2,1H3. The molecule has 1 aromatic carbocycles. The van der Waals surface area contributed by atoms with Crippen LogP contribution in [0.1, 0.15) is 29.6 Å². The van der Waals surface area contributed by atoms with E-state index in [2.05, 4.69) is 4.98 Å². The fraction of sp³-hybridized carbons (Fsp3) is 0.357. The van der Waals surface area contributed by atoms with Gasteiger partial charge in [0.2, 0.25) is 0 Å². The Hall–Kier alpha value is -1.77. The minimum atomic E-state index is 0.246. The van der Waals surface area contributed by atoms with Gasteiger partial charge in [-0.05, 0) is 25.0 Å². The Morgan fingerprint density at radius 2 is 2.24 bits per heavy atom. The average Bonchev–Trinajstić information content (AvgIpc) is 2.68. The van der Waals surface area contributed by atoms with Gasteiger partial charge in [-0.15, -0.1) is 0 Å². The SMILES string of the molecule is COc1ccc2c(C(=O)C3CCC3)c[nH]c2c1. The lowest BCUT2D eigenvalue weighted by Crippen LogP contribution is -2.21. The third-order valence-electron chi connectivity index (χ3n) is 3.63. The topological polar surface area (TPSA) is 42.1 Å². The molecule has 88 valence electrons. The normalized spacial score (nSPS) is 15.8. The van der Waals surface area contributed by atoms with E-state index in [0.29, 0.717) is 0 Å². The Balaban J connectivity index is 2.02. The zero-order valence-electron chi connectivity index (χ0n) is 9.82. The van der Waals surface area contributed by atoms with E-state index in [9.17, 15) is 4.79 Å². The third kappa shape index (κ3) is 1.62. The Labute approximate surface area is 99.8 Å². The summed E-state index contributed by atoms with van der Waals surface area (Å²) in [5.74, 6) is 1.34. The third-order valence-corrected chi connectivity index (χ3v) is 3.63. The number of rotatable bonds is 3. The summed E-state index contributed by atoms with van der Waals surface area (Å²) in [6.45, 7) is 0. The predicted octanol–water partition coefficient (Wildman–Crippen LogP) is 3.16. The lowest BCUT2D eigenvalue weighted by molar-refractivity contribution is 0.0857. The van der Waals surface area contributed by atoms with Crippen LogP contribution in [0.4, 0.5) is 0 Å². The maximum absolute atomic E-state index is 12.2. The molecule has 1 N–H and O–H groups in total. The summed E-state index contributed by atoms with van der Waals surface area (Å²) in [4.78, 5) is 15.4. The first-order chi connectivity index (χ1) is 8.29.